The van der Waals surface area contributed by atoms with Crippen molar-refractivity contribution >= 4 is 5.96 Å². The van der Waals surface area contributed by atoms with Crippen molar-refractivity contribution in [2.45, 2.75) is 64.8 Å². The van der Waals surface area contributed by atoms with E-state index in [0.29, 0.717) is 12.0 Å². The van der Waals surface area contributed by atoms with Gasteiger partial charge in [-0.25, -0.2) is 0 Å². The summed E-state index contributed by atoms with van der Waals surface area (Å²) >= 11 is 0. The van der Waals surface area contributed by atoms with Crippen molar-refractivity contribution in [1.29, 1.82) is 0 Å². The lowest BCUT2D eigenvalue weighted by molar-refractivity contribution is 0.0888. The molecule has 2 fully saturated rings. The van der Waals surface area contributed by atoms with Crippen LogP contribution in [0.2, 0.25) is 0 Å². The highest BCUT2D eigenvalue weighted by molar-refractivity contribution is 5.79. The Morgan fingerprint density at radius 3 is 2.89 bits per heavy atom. The summed E-state index contributed by atoms with van der Waals surface area (Å²) in [7, 11) is 0. The molecule has 2 heterocycles. The summed E-state index contributed by atoms with van der Waals surface area (Å²) in [5, 5.41) is 6.84. The molecule has 6 nitrogen and oxygen atoms in total. The smallest absolute Gasteiger partial charge is 0.191 e. The summed E-state index contributed by atoms with van der Waals surface area (Å²) in [6.07, 6.45) is 8.69. The summed E-state index contributed by atoms with van der Waals surface area (Å²) in [5.41, 5.74) is 0. The number of unbranched alkanes of at least 4 members (excludes halogenated alkanes) is 1. The van der Waals surface area contributed by atoms with Crippen LogP contribution in [0.4, 0.5) is 0 Å². The molecule has 0 spiro atoms. The lowest BCUT2D eigenvalue weighted by atomic mass is 10.0. The van der Waals surface area contributed by atoms with Crippen LogP contribution in [0.5, 0.6) is 0 Å². The summed E-state index contributed by atoms with van der Waals surface area (Å²) in [6, 6.07) is 0.609. The van der Waals surface area contributed by atoms with E-state index in [1.165, 1.54) is 45.2 Å². The van der Waals surface area contributed by atoms with E-state index in [2.05, 4.69) is 29.4 Å². The first kappa shape index (κ1) is 22.4. The average molecular weight is 383 g/mol. The quantitative estimate of drug-likeness (QED) is 0.309. The zero-order chi connectivity index (χ0) is 19.2. The number of hydrogen-bond acceptors (Lipinski definition) is 4. The minimum Gasteiger partial charge on any atom is -0.381 e. The SMILES string of the molecule is CCCCN1CCCCC1CN=C(NCC)NCCCOCC1CCOC1. The predicted molar refractivity (Wildman–Crippen MR) is 112 cm³/mol. The third-order valence-electron chi connectivity index (χ3n) is 5.49. The van der Waals surface area contributed by atoms with Crippen molar-refractivity contribution in [3.63, 3.8) is 0 Å². The minimum absolute atomic E-state index is 0.600. The number of ether oxygens (including phenoxy) is 2. The lowest BCUT2D eigenvalue weighted by Gasteiger charge is -2.35. The third kappa shape index (κ3) is 9.26. The third-order valence-corrected chi connectivity index (χ3v) is 5.49. The van der Waals surface area contributed by atoms with Gasteiger partial charge in [-0.3, -0.25) is 9.89 Å². The van der Waals surface area contributed by atoms with E-state index in [9.17, 15) is 0 Å². The molecular weight excluding hydrogens is 340 g/mol. The molecule has 0 bridgehead atoms. The van der Waals surface area contributed by atoms with E-state index in [4.69, 9.17) is 14.5 Å². The van der Waals surface area contributed by atoms with Crippen LogP contribution in [0, 0.1) is 5.92 Å². The molecule has 2 aliphatic heterocycles. The maximum absolute atomic E-state index is 5.78. The molecule has 2 rings (SSSR count). The molecule has 2 N–H and O–H groups in total. The molecule has 0 aromatic heterocycles. The lowest BCUT2D eigenvalue weighted by Crippen LogP contribution is -2.44. The Hall–Kier alpha value is -0.850. The molecule has 0 radical (unpaired) electrons. The fraction of sp³-hybridized carbons (Fsp3) is 0.952. The van der Waals surface area contributed by atoms with Crippen molar-refractivity contribution in [2.24, 2.45) is 10.9 Å². The maximum atomic E-state index is 5.78. The van der Waals surface area contributed by atoms with E-state index >= 15 is 0 Å². The second-order valence-corrected chi connectivity index (χ2v) is 7.84. The molecule has 6 heteroatoms. The molecule has 0 aliphatic carbocycles. The van der Waals surface area contributed by atoms with Crippen LogP contribution in [0.1, 0.15) is 58.8 Å². The summed E-state index contributed by atoms with van der Waals surface area (Å²) < 4.78 is 11.2. The molecule has 2 aliphatic rings. The summed E-state index contributed by atoms with van der Waals surface area (Å²) in [5.74, 6) is 1.55. The van der Waals surface area contributed by atoms with Gasteiger partial charge in [0.25, 0.3) is 0 Å². The van der Waals surface area contributed by atoms with Crippen LogP contribution >= 0.6 is 0 Å². The molecule has 2 saturated heterocycles. The monoisotopic (exact) mass is 382 g/mol. The van der Waals surface area contributed by atoms with Gasteiger partial charge in [0.15, 0.2) is 5.96 Å². The first-order valence-electron chi connectivity index (χ1n) is 11.2. The summed E-state index contributed by atoms with van der Waals surface area (Å²) in [6.45, 7) is 13.0. The highest BCUT2D eigenvalue weighted by atomic mass is 16.5. The zero-order valence-corrected chi connectivity index (χ0v) is 17.7. The van der Waals surface area contributed by atoms with Gasteiger partial charge in [0.1, 0.15) is 0 Å². The number of nitrogens with zero attached hydrogens (tertiary/aromatic N) is 2. The second-order valence-electron chi connectivity index (χ2n) is 7.84. The van der Waals surface area contributed by atoms with Crippen LogP contribution in [-0.2, 0) is 9.47 Å². The van der Waals surface area contributed by atoms with Crippen LogP contribution in [0.15, 0.2) is 4.99 Å². The van der Waals surface area contributed by atoms with Gasteiger partial charge in [0.05, 0.1) is 19.8 Å². The van der Waals surface area contributed by atoms with E-state index < -0.39 is 0 Å². The van der Waals surface area contributed by atoms with Crippen LogP contribution < -0.4 is 10.6 Å². The van der Waals surface area contributed by atoms with Gasteiger partial charge in [-0.05, 0) is 52.1 Å². The normalized spacial score (nSPS) is 24.3. The average Bonchev–Trinajstić information content (AvgIpc) is 3.21. The minimum atomic E-state index is 0.600. The molecule has 2 unspecified atom stereocenters. The highest BCUT2D eigenvalue weighted by Gasteiger charge is 2.21. The Morgan fingerprint density at radius 2 is 2.11 bits per heavy atom. The van der Waals surface area contributed by atoms with Crippen LogP contribution in [0.25, 0.3) is 0 Å². The number of nitrogens with one attached hydrogen (secondary N) is 2. The number of aliphatic imine (C=N–C) groups is 1. The molecule has 27 heavy (non-hydrogen) atoms. The number of likely N-dealkylation sites (tertiary alicyclic amines) is 1. The molecular formula is C21H42N4O2. The van der Waals surface area contributed by atoms with Crippen molar-refractivity contribution < 1.29 is 9.47 Å². The molecule has 2 atom stereocenters. The zero-order valence-electron chi connectivity index (χ0n) is 17.7. The van der Waals surface area contributed by atoms with Gasteiger partial charge in [-0.15, -0.1) is 0 Å². The van der Waals surface area contributed by atoms with Gasteiger partial charge in [-0.2, -0.15) is 0 Å². The first-order valence-corrected chi connectivity index (χ1v) is 11.2. The Morgan fingerprint density at radius 1 is 1.19 bits per heavy atom. The van der Waals surface area contributed by atoms with Crippen molar-refractivity contribution in [3.8, 4) is 0 Å². The van der Waals surface area contributed by atoms with E-state index in [1.807, 2.05) is 0 Å². The van der Waals surface area contributed by atoms with Gasteiger partial charge < -0.3 is 20.1 Å². The Labute approximate surface area is 166 Å². The molecule has 0 aromatic carbocycles. The highest BCUT2D eigenvalue weighted by Crippen LogP contribution is 2.18. The largest absolute Gasteiger partial charge is 0.381 e. The van der Waals surface area contributed by atoms with Crippen LogP contribution in [-0.4, -0.2) is 76.1 Å². The fourth-order valence-electron chi connectivity index (χ4n) is 3.81. The molecule has 158 valence electrons. The van der Waals surface area contributed by atoms with Gasteiger partial charge in [0.2, 0.25) is 0 Å². The first-order chi connectivity index (χ1) is 13.3. The molecule has 0 amide bonds. The molecule has 0 saturated carbocycles. The number of rotatable bonds is 12. The maximum Gasteiger partial charge on any atom is 0.191 e. The van der Waals surface area contributed by atoms with Crippen LogP contribution in [0.3, 0.4) is 0 Å². The van der Waals surface area contributed by atoms with Gasteiger partial charge in [-0.1, -0.05) is 19.8 Å². The topological polar surface area (TPSA) is 58.1 Å². The fourth-order valence-corrected chi connectivity index (χ4v) is 3.81. The van der Waals surface area contributed by atoms with E-state index in [1.54, 1.807) is 0 Å². The Bertz CT molecular complexity index is 400. The van der Waals surface area contributed by atoms with Crippen molar-refractivity contribution in [3.05, 3.63) is 0 Å². The van der Waals surface area contributed by atoms with Gasteiger partial charge >= 0.3 is 0 Å². The second kappa shape index (κ2) is 14.2. The predicted octanol–water partition coefficient (Wildman–Crippen LogP) is 2.64. The van der Waals surface area contributed by atoms with Gasteiger partial charge in [0, 0.05) is 38.3 Å². The standard InChI is InChI=1S/C21H42N4O2/c1-3-5-12-25-13-7-6-9-20(25)16-24-21(22-4-2)23-11-8-14-26-17-19-10-15-27-18-19/h19-20H,3-18H2,1-2H3,(H2,22,23,24). The number of piperidine rings is 1. The van der Waals surface area contributed by atoms with E-state index in [0.717, 1.165) is 64.9 Å². The molecule has 0 aromatic rings. The Balaban J connectivity index is 1.64. The number of hydrogen-bond donors (Lipinski definition) is 2. The number of guanidine groups is 1. The Kier molecular flexibility index (Phi) is 11.8. The summed E-state index contributed by atoms with van der Waals surface area (Å²) in [4.78, 5) is 7.53. The van der Waals surface area contributed by atoms with E-state index in [-0.39, 0.29) is 0 Å². The van der Waals surface area contributed by atoms with Crippen molar-refractivity contribution in [1.82, 2.24) is 15.5 Å². The van der Waals surface area contributed by atoms with Crippen molar-refractivity contribution in [2.75, 3.05) is 59.2 Å².